The van der Waals surface area contributed by atoms with Crippen LogP contribution in [-0.4, -0.2) is 53.9 Å². The number of thiophene rings is 1. The van der Waals surface area contributed by atoms with Crippen molar-refractivity contribution >= 4 is 45.3 Å². The summed E-state index contributed by atoms with van der Waals surface area (Å²) in [7, 11) is 0. The number of phenolic OH excluding ortho intramolecular Hbond substituents is 1. The number of hydrogen-bond acceptors (Lipinski definition) is 6. The number of nitrogens with one attached hydrogen (secondary N) is 1. The van der Waals surface area contributed by atoms with E-state index in [9.17, 15) is 9.90 Å². The minimum atomic E-state index is -0.250. The van der Waals surface area contributed by atoms with Gasteiger partial charge in [0.25, 0.3) is 0 Å². The summed E-state index contributed by atoms with van der Waals surface area (Å²) in [6.45, 7) is 5.24. The fourth-order valence-electron chi connectivity index (χ4n) is 4.48. The van der Waals surface area contributed by atoms with Crippen molar-refractivity contribution in [1.29, 1.82) is 0 Å². The second-order valence-corrected chi connectivity index (χ2v) is 9.73. The molecule has 8 heteroatoms. The molecule has 0 spiro atoms. The molecule has 4 rings (SSSR count). The van der Waals surface area contributed by atoms with Crippen LogP contribution in [0.25, 0.3) is 0 Å². The Labute approximate surface area is 199 Å². The van der Waals surface area contributed by atoms with Crippen LogP contribution < -0.4 is 10.2 Å². The van der Waals surface area contributed by atoms with Crippen molar-refractivity contribution in [2.75, 3.05) is 43.0 Å². The standard InChI is InChI=1S/C24H31N3O3S2/c1-2-30-23(29)21-17-9-5-3-4-6-12-20(17)32-22(21)25-24(31)27-15-13-26(14-16-27)18-10-7-8-11-19(18)28/h7-8,10-11,28H,2-6,9,12-16H2,1H3,(H,25,31). The van der Waals surface area contributed by atoms with Gasteiger partial charge < -0.3 is 25.0 Å². The Morgan fingerprint density at radius 3 is 2.56 bits per heavy atom. The largest absolute Gasteiger partial charge is 0.506 e. The number of piperazine rings is 1. The van der Waals surface area contributed by atoms with E-state index in [1.165, 1.54) is 17.7 Å². The SMILES string of the molecule is CCOC(=O)c1c(NC(=S)N2CCN(c3ccccc3O)CC2)sc2c1CCCCCC2. The molecule has 32 heavy (non-hydrogen) atoms. The molecule has 0 radical (unpaired) electrons. The van der Waals surface area contributed by atoms with Gasteiger partial charge in [0.15, 0.2) is 5.11 Å². The van der Waals surface area contributed by atoms with Crippen molar-refractivity contribution in [3.8, 4) is 5.75 Å². The third-order valence-electron chi connectivity index (χ3n) is 6.16. The number of ether oxygens (including phenoxy) is 1. The molecule has 0 bridgehead atoms. The Morgan fingerprint density at radius 2 is 1.84 bits per heavy atom. The first-order valence-corrected chi connectivity index (χ1v) is 12.7. The Kier molecular flexibility index (Phi) is 7.52. The predicted molar refractivity (Wildman–Crippen MR) is 134 cm³/mol. The number of rotatable bonds is 4. The molecule has 2 aliphatic rings. The molecule has 1 saturated heterocycles. The van der Waals surface area contributed by atoms with E-state index in [1.807, 2.05) is 25.1 Å². The summed E-state index contributed by atoms with van der Waals surface area (Å²) in [4.78, 5) is 18.5. The van der Waals surface area contributed by atoms with Gasteiger partial charge in [0.05, 0.1) is 17.9 Å². The Morgan fingerprint density at radius 1 is 1.12 bits per heavy atom. The summed E-state index contributed by atoms with van der Waals surface area (Å²) in [5, 5.41) is 15.0. The number of para-hydroxylation sites is 2. The number of carbonyl (C=O) groups excluding carboxylic acids is 1. The Hall–Kier alpha value is -2.32. The summed E-state index contributed by atoms with van der Waals surface area (Å²) < 4.78 is 5.41. The van der Waals surface area contributed by atoms with Crippen molar-refractivity contribution in [2.45, 2.75) is 45.4 Å². The van der Waals surface area contributed by atoms with Gasteiger partial charge in [0.2, 0.25) is 0 Å². The second-order valence-electron chi connectivity index (χ2n) is 8.24. The zero-order valence-electron chi connectivity index (χ0n) is 18.6. The van der Waals surface area contributed by atoms with Gasteiger partial charge in [-0.25, -0.2) is 4.79 Å². The average molecular weight is 474 g/mol. The molecular weight excluding hydrogens is 442 g/mol. The summed E-state index contributed by atoms with van der Waals surface area (Å²) >= 11 is 7.40. The van der Waals surface area contributed by atoms with E-state index in [-0.39, 0.29) is 5.97 Å². The number of benzene rings is 1. The lowest BCUT2D eigenvalue weighted by atomic mass is 9.96. The van der Waals surface area contributed by atoms with Gasteiger partial charge in [-0.2, -0.15) is 0 Å². The van der Waals surface area contributed by atoms with Crippen LogP contribution in [-0.2, 0) is 17.6 Å². The lowest BCUT2D eigenvalue weighted by molar-refractivity contribution is 0.0526. The normalized spacial score (nSPS) is 16.7. The average Bonchev–Trinajstić information content (AvgIpc) is 3.10. The molecule has 2 N–H and O–H groups in total. The third-order valence-corrected chi connectivity index (χ3v) is 7.73. The third kappa shape index (κ3) is 5.02. The molecule has 2 heterocycles. The number of thiocarbonyl (C=S) groups is 1. The van der Waals surface area contributed by atoms with Crippen molar-refractivity contribution in [2.24, 2.45) is 0 Å². The fraction of sp³-hybridized carbons (Fsp3) is 0.500. The quantitative estimate of drug-likeness (QED) is 0.488. The molecule has 6 nitrogen and oxygen atoms in total. The van der Waals surface area contributed by atoms with Gasteiger partial charge in [-0.1, -0.05) is 25.0 Å². The molecule has 1 aliphatic heterocycles. The molecule has 1 fully saturated rings. The maximum absolute atomic E-state index is 12.8. The van der Waals surface area contributed by atoms with Crippen LogP contribution in [0, 0.1) is 0 Å². The van der Waals surface area contributed by atoms with E-state index >= 15 is 0 Å². The van der Waals surface area contributed by atoms with E-state index < -0.39 is 0 Å². The number of anilines is 2. The van der Waals surface area contributed by atoms with Gasteiger partial charge in [0.1, 0.15) is 10.8 Å². The molecule has 1 aromatic heterocycles. The van der Waals surface area contributed by atoms with Crippen LogP contribution in [0.5, 0.6) is 5.75 Å². The van der Waals surface area contributed by atoms with Crippen molar-refractivity contribution < 1.29 is 14.6 Å². The second kappa shape index (κ2) is 10.5. The smallest absolute Gasteiger partial charge is 0.341 e. The number of nitrogens with zero attached hydrogens (tertiary/aromatic N) is 2. The zero-order chi connectivity index (χ0) is 22.5. The highest BCUT2D eigenvalue weighted by Gasteiger charge is 2.27. The topological polar surface area (TPSA) is 65.0 Å². The minimum Gasteiger partial charge on any atom is -0.506 e. The summed E-state index contributed by atoms with van der Waals surface area (Å²) in [5.41, 5.74) is 2.69. The van der Waals surface area contributed by atoms with Gasteiger partial charge in [-0.15, -0.1) is 11.3 Å². The lowest BCUT2D eigenvalue weighted by Crippen LogP contribution is -2.50. The molecule has 0 atom stereocenters. The molecule has 0 unspecified atom stereocenters. The fourth-order valence-corrected chi connectivity index (χ4v) is 6.11. The zero-order valence-corrected chi connectivity index (χ0v) is 20.2. The van der Waals surface area contributed by atoms with E-state index in [2.05, 4.69) is 15.1 Å². The van der Waals surface area contributed by atoms with Crippen LogP contribution >= 0.6 is 23.6 Å². The van der Waals surface area contributed by atoms with Gasteiger partial charge in [-0.3, -0.25) is 0 Å². The number of carbonyl (C=O) groups is 1. The van der Waals surface area contributed by atoms with Crippen molar-refractivity contribution in [1.82, 2.24) is 4.90 Å². The summed E-state index contributed by atoms with van der Waals surface area (Å²) in [6.07, 6.45) is 6.66. The van der Waals surface area contributed by atoms with Crippen LogP contribution in [0.15, 0.2) is 24.3 Å². The maximum atomic E-state index is 12.8. The van der Waals surface area contributed by atoms with E-state index in [1.54, 1.807) is 17.4 Å². The molecule has 1 aliphatic carbocycles. The van der Waals surface area contributed by atoms with Crippen molar-refractivity contribution in [3.05, 3.63) is 40.3 Å². The monoisotopic (exact) mass is 473 g/mol. The highest BCUT2D eigenvalue weighted by Crippen LogP contribution is 2.38. The van der Waals surface area contributed by atoms with Gasteiger partial charge in [-0.05, 0) is 62.5 Å². The maximum Gasteiger partial charge on any atom is 0.341 e. The highest BCUT2D eigenvalue weighted by molar-refractivity contribution is 7.80. The number of fused-ring (bicyclic) bond motifs is 1. The number of aryl methyl sites for hydroxylation is 1. The number of aromatic hydroxyl groups is 1. The highest BCUT2D eigenvalue weighted by atomic mass is 32.1. The summed E-state index contributed by atoms with van der Waals surface area (Å²) in [6, 6.07) is 7.43. The first-order valence-electron chi connectivity index (χ1n) is 11.5. The number of phenols is 1. The molecule has 0 saturated carbocycles. The van der Waals surface area contributed by atoms with E-state index in [0.29, 0.717) is 23.0 Å². The van der Waals surface area contributed by atoms with E-state index in [4.69, 9.17) is 17.0 Å². The molecule has 0 amide bonds. The van der Waals surface area contributed by atoms with Gasteiger partial charge in [0, 0.05) is 31.1 Å². The minimum absolute atomic E-state index is 0.250. The number of hydrogen-bond donors (Lipinski definition) is 2. The van der Waals surface area contributed by atoms with E-state index in [0.717, 1.165) is 68.1 Å². The Balaban J connectivity index is 1.47. The van der Waals surface area contributed by atoms with Crippen LogP contribution in [0.2, 0.25) is 0 Å². The van der Waals surface area contributed by atoms with Crippen LogP contribution in [0.1, 0.15) is 53.4 Å². The van der Waals surface area contributed by atoms with Crippen molar-refractivity contribution in [3.63, 3.8) is 0 Å². The number of esters is 1. The molecular formula is C24H31N3O3S2. The molecule has 1 aromatic carbocycles. The lowest BCUT2D eigenvalue weighted by Gasteiger charge is -2.37. The molecule has 2 aromatic rings. The molecule has 172 valence electrons. The Bertz CT molecular complexity index is 967. The van der Waals surface area contributed by atoms with Gasteiger partial charge >= 0.3 is 5.97 Å². The van der Waals surface area contributed by atoms with Crippen LogP contribution in [0.3, 0.4) is 0 Å². The predicted octanol–water partition coefficient (Wildman–Crippen LogP) is 4.81. The summed E-state index contributed by atoms with van der Waals surface area (Å²) in [5.74, 6) is 0.0528. The van der Waals surface area contributed by atoms with Crippen LogP contribution in [0.4, 0.5) is 10.7 Å². The first-order chi connectivity index (χ1) is 15.6. The first kappa shape index (κ1) is 22.9.